The molecule has 0 aliphatic rings. The van der Waals surface area contributed by atoms with Crippen LogP contribution in [0.4, 0.5) is 10.1 Å². The Hall–Kier alpha value is -1.46. The summed E-state index contributed by atoms with van der Waals surface area (Å²) in [6.45, 7) is 0. The summed E-state index contributed by atoms with van der Waals surface area (Å²) in [4.78, 5) is 12.5. The van der Waals surface area contributed by atoms with Crippen LogP contribution in [0.25, 0.3) is 6.08 Å². The van der Waals surface area contributed by atoms with Crippen molar-refractivity contribution in [3.63, 3.8) is 0 Å². The SMILES string of the molecule is O=C(/C=C/c1ccc(Br)s1)Nc1ccccc1F. The number of anilines is 1. The summed E-state index contributed by atoms with van der Waals surface area (Å²) < 4.78 is 14.3. The van der Waals surface area contributed by atoms with Gasteiger partial charge in [-0.3, -0.25) is 4.79 Å². The van der Waals surface area contributed by atoms with Gasteiger partial charge in [-0.1, -0.05) is 12.1 Å². The standard InChI is InChI=1S/C13H9BrFNOS/c14-12-7-5-9(18-12)6-8-13(17)16-11-4-2-1-3-10(11)15/h1-8H,(H,16,17)/b8-6+. The highest BCUT2D eigenvalue weighted by atomic mass is 79.9. The van der Waals surface area contributed by atoms with E-state index in [4.69, 9.17) is 0 Å². The van der Waals surface area contributed by atoms with E-state index in [1.54, 1.807) is 18.2 Å². The van der Waals surface area contributed by atoms with Gasteiger partial charge in [0.25, 0.3) is 0 Å². The first-order chi connectivity index (χ1) is 8.65. The van der Waals surface area contributed by atoms with Crippen LogP contribution in [0.1, 0.15) is 4.88 Å². The second kappa shape index (κ2) is 5.93. The molecule has 1 heterocycles. The molecule has 0 bridgehead atoms. The van der Waals surface area contributed by atoms with Gasteiger partial charge in [0, 0.05) is 11.0 Å². The smallest absolute Gasteiger partial charge is 0.248 e. The molecular formula is C13H9BrFNOS. The monoisotopic (exact) mass is 325 g/mol. The Bertz CT molecular complexity index is 594. The Morgan fingerprint density at radius 2 is 2.06 bits per heavy atom. The zero-order valence-electron chi connectivity index (χ0n) is 9.19. The van der Waals surface area contributed by atoms with Gasteiger partial charge in [-0.2, -0.15) is 0 Å². The van der Waals surface area contributed by atoms with Crippen LogP contribution < -0.4 is 5.32 Å². The maximum absolute atomic E-state index is 13.3. The first-order valence-corrected chi connectivity index (χ1v) is 6.75. The third-order valence-corrected chi connectivity index (χ3v) is 3.71. The van der Waals surface area contributed by atoms with Crippen molar-refractivity contribution in [2.75, 3.05) is 5.32 Å². The average molecular weight is 326 g/mol. The molecule has 18 heavy (non-hydrogen) atoms. The number of amides is 1. The highest BCUT2D eigenvalue weighted by Crippen LogP contribution is 2.23. The van der Waals surface area contributed by atoms with Crippen LogP contribution in [-0.4, -0.2) is 5.91 Å². The summed E-state index contributed by atoms with van der Waals surface area (Å²) in [6.07, 6.45) is 3.07. The molecule has 1 amide bonds. The maximum Gasteiger partial charge on any atom is 0.248 e. The molecule has 0 atom stereocenters. The highest BCUT2D eigenvalue weighted by Gasteiger charge is 2.03. The van der Waals surface area contributed by atoms with Gasteiger partial charge in [0.2, 0.25) is 5.91 Å². The van der Waals surface area contributed by atoms with Crippen molar-refractivity contribution in [1.29, 1.82) is 0 Å². The van der Waals surface area contributed by atoms with Crippen LogP contribution in [0.15, 0.2) is 46.3 Å². The molecule has 1 N–H and O–H groups in total. The molecule has 0 aliphatic carbocycles. The van der Waals surface area contributed by atoms with E-state index in [-0.39, 0.29) is 11.6 Å². The predicted octanol–water partition coefficient (Wildman–Crippen LogP) is 4.30. The normalized spacial score (nSPS) is 10.8. The molecule has 1 aromatic heterocycles. The van der Waals surface area contributed by atoms with E-state index in [2.05, 4.69) is 21.2 Å². The molecule has 0 spiro atoms. The van der Waals surface area contributed by atoms with Crippen LogP contribution in [0.3, 0.4) is 0 Å². The number of nitrogens with one attached hydrogen (secondary N) is 1. The van der Waals surface area contributed by atoms with E-state index < -0.39 is 5.82 Å². The molecule has 2 rings (SSSR count). The third-order valence-electron chi connectivity index (χ3n) is 2.12. The molecule has 0 saturated heterocycles. The van der Waals surface area contributed by atoms with E-state index >= 15 is 0 Å². The number of rotatable bonds is 3. The van der Waals surface area contributed by atoms with Crippen LogP contribution in [0.5, 0.6) is 0 Å². The topological polar surface area (TPSA) is 29.1 Å². The summed E-state index contributed by atoms with van der Waals surface area (Å²) in [6, 6.07) is 9.85. The van der Waals surface area contributed by atoms with Crippen molar-refractivity contribution in [1.82, 2.24) is 0 Å². The van der Waals surface area contributed by atoms with Crippen LogP contribution in [0, 0.1) is 5.82 Å². The fraction of sp³-hybridized carbons (Fsp3) is 0. The van der Waals surface area contributed by atoms with E-state index in [0.717, 1.165) is 8.66 Å². The van der Waals surface area contributed by atoms with E-state index in [0.29, 0.717) is 0 Å². The lowest BCUT2D eigenvalue weighted by Gasteiger charge is -2.02. The molecular weight excluding hydrogens is 317 g/mol. The van der Waals surface area contributed by atoms with Crippen molar-refractivity contribution in [3.8, 4) is 0 Å². The maximum atomic E-state index is 13.3. The lowest BCUT2D eigenvalue weighted by molar-refractivity contribution is -0.111. The number of benzene rings is 1. The van der Waals surface area contributed by atoms with Gasteiger partial charge >= 0.3 is 0 Å². The Balaban J connectivity index is 2.01. The zero-order valence-corrected chi connectivity index (χ0v) is 11.6. The molecule has 0 aliphatic heterocycles. The van der Waals surface area contributed by atoms with Gasteiger partial charge in [-0.25, -0.2) is 4.39 Å². The van der Waals surface area contributed by atoms with Gasteiger partial charge < -0.3 is 5.32 Å². The molecule has 0 saturated carbocycles. The number of carbonyl (C=O) groups excluding carboxylic acids is 1. The Labute approximate surface area is 116 Å². The molecule has 0 unspecified atom stereocenters. The minimum Gasteiger partial charge on any atom is -0.320 e. The van der Waals surface area contributed by atoms with Crippen molar-refractivity contribution in [2.24, 2.45) is 0 Å². The largest absolute Gasteiger partial charge is 0.320 e. The average Bonchev–Trinajstić information content (AvgIpc) is 2.76. The molecule has 0 fully saturated rings. The second-order valence-corrected chi connectivity index (χ2v) is 5.94. The third kappa shape index (κ3) is 3.51. The molecule has 2 nitrogen and oxygen atoms in total. The van der Waals surface area contributed by atoms with Crippen molar-refractivity contribution in [2.45, 2.75) is 0 Å². The number of hydrogen-bond donors (Lipinski definition) is 1. The van der Waals surface area contributed by atoms with E-state index in [9.17, 15) is 9.18 Å². The molecule has 92 valence electrons. The number of hydrogen-bond acceptors (Lipinski definition) is 2. The second-order valence-electron chi connectivity index (χ2n) is 3.44. The van der Waals surface area contributed by atoms with Crippen LogP contribution >= 0.6 is 27.3 Å². The fourth-order valence-electron chi connectivity index (χ4n) is 1.31. The first-order valence-electron chi connectivity index (χ1n) is 5.14. The van der Waals surface area contributed by atoms with Gasteiger partial charge in [0.15, 0.2) is 0 Å². The molecule has 5 heteroatoms. The Kier molecular flexibility index (Phi) is 4.28. The lowest BCUT2D eigenvalue weighted by Crippen LogP contribution is -2.08. The van der Waals surface area contributed by atoms with Crippen molar-refractivity contribution < 1.29 is 9.18 Å². The summed E-state index contributed by atoms with van der Waals surface area (Å²) in [5, 5.41) is 2.48. The zero-order chi connectivity index (χ0) is 13.0. The van der Waals surface area contributed by atoms with Crippen LogP contribution in [0.2, 0.25) is 0 Å². The summed E-state index contributed by atoms with van der Waals surface area (Å²) in [7, 11) is 0. The van der Waals surface area contributed by atoms with Crippen LogP contribution in [-0.2, 0) is 4.79 Å². The minimum atomic E-state index is -0.446. The lowest BCUT2D eigenvalue weighted by atomic mass is 10.3. The number of thiophene rings is 1. The number of carbonyl (C=O) groups is 1. The van der Waals surface area contributed by atoms with Crippen molar-refractivity contribution >= 4 is 44.9 Å². The Morgan fingerprint density at radius 3 is 2.72 bits per heavy atom. The van der Waals surface area contributed by atoms with Gasteiger partial charge in [0.05, 0.1) is 9.47 Å². The molecule has 1 aromatic carbocycles. The predicted molar refractivity (Wildman–Crippen MR) is 76.1 cm³/mol. The number of halogens is 2. The van der Waals surface area contributed by atoms with Gasteiger partial charge in [0.1, 0.15) is 5.82 Å². The summed E-state index contributed by atoms with van der Waals surface area (Å²) >= 11 is 4.85. The molecule has 2 aromatic rings. The highest BCUT2D eigenvalue weighted by molar-refractivity contribution is 9.11. The van der Waals surface area contributed by atoms with E-state index in [1.807, 2.05) is 12.1 Å². The van der Waals surface area contributed by atoms with Gasteiger partial charge in [-0.15, -0.1) is 11.3 Å². The summed E-state index contributed by atoms with van der Waals surface area (Å²) in [5.74, 6) is -0.803. The minimum absolute atomic E-state index is 0.180. The molecule has 0 radical (unpaired) electrons. The number of para-hydroxylation sites is 1. The first kappa shape index (κ1) is 13.0. The van der Waals surface area contributed by atoms with Crippen molar-refractivity contribution in [3.05, 3.63) is 57.0 Å². The van der Waals surface area contributed by atoms with E-state index in [1.165, 1.54) is 29.5 Å². The quantitative estimate of drug-likeness (QED) is 0.837. The van der Waals surface area contributed by atoms with Gasteiger partial charge in [-0.05, 0) is 46.3 Å². The fourth-order valence-corrected chi connectivity index (χ4v) is 2.64. The Morgan fingerprint density at radius 1 is 1.28 bits per heavy atom. The summed E-state index contributed by atoms with van der Waals surface area (Å²) in [5.41, 5.74) is 0.180.